The van der Waals surface area contributed by atoms with Crippen molar-refractivity contribution in [3.63, 3.8) is 0 Å². The number of halogens is 2. The second kappa shape index (κ2) is 5.90. The molecular weight excluding hydrogens is 335 g/mol. The van der Waals surface area contributed by atoms with Crippen LogP contribution in [0, 0.1) is 22.9 Å². The van der Waals surface area contributed by atoms with Crippen LogP contribution in [0.3, 0.4) is 0 Å². The van der Waals surface area contributed by atoms with Crippen LogP contribution >= 0.6 is 11.6 Å². The van der Waals surface area contributed by atoms with Gasteiger partial charge in [-0.15, -0.1) is 0 Å². The number of anilines is 1. The van der Waals surface area contributed by atoms with Gasteiger partial charge >= 0.3 is 0 Å². The molecule has 0 aliphatic rings. The van der Waals surface area contributed by atoms with Gasteiger partial charge in [0.1, 0.15) is 10.8 Å². The first-order valence-electron chi connectivity index (χ1n) is 5.93. The third kappa shape index (κ3) is 3.34. The van der Waals surface area contributed by atoms with Crippen LogP contribution in [0.15, 0.2) is 41.3 Å². The van der Waals surface area contributed by atoms with Crippen molar-refractivity contribution in [3.05, 3.63) is 62.9 Å². The minimum atomic E-state index is -4.11. The van der Waals surface area contributed by atoms with E-state index >= 15 is 0 Å². The molecule has 116 valence electrons. The van der Waals surface area contributed by atoms with Crippen molar-refractivity contribution in [1.29, 1.82) is 0 Å². The van der Waals surface area contributed by atoms with E-state index in [1.165, 1.54) is 12.1 Å². The average Bonchev–Trinajstić information content (AvgIpc) is 2.42. The zero-order valence-corrected chi connectivity index (χ0v) is 12.8. The molecule has 9 heteroatoms. The summed E-state index contributed by atoms with van der Waals surface area (Å²) in [6.45, 7) is 1.60. The van der Waals surface area contributed by atoms with Crippen LogP contribution in [0.5, 0.6) is 0 Å². The van der Waals surface area contributed by atoms with E-state index in [2.05, 4.69) is 4.72 Å². The van der Waals surface area contributed by atoms with Crippen LogP contribution in [-0.2, 0) is 10.0 Å². The maximum absolute atomic E-state index is 13.2. The Morgan fingerprint density at radius 1 is 1.23 bits per heavy atom. The molecule has 0 amide bonds. The molecule has 0 aromatic heterocycles. The lowest BCUT2D eigenvalue weighted by molar-refractivity contribution is -0.384. The van der Waals surface area contributed by atoms with Gasteiger partial charge in [0.2, 0.25) is 0 Å². The maximum Gasteiger partial charge on any atom is 0.289 e. The normalized spacial score (nSPS) is 11.2. The van der Waals surface area contributed by atoms with Gasteiger partial charge in [-0.2, -0.15) is 0 Å². The number of nitro benzene ring substituents is 1. The Kier molecular flexibility index (Phi) is 4.34. The number of hydrogen-bond donors (Lipinski definition) is 1. The first-order chi connectivity index (χ1) is 10.2. The third-order valence-electron chi connectivity index (χ3n) is 2.87. The summed E-state index contributed by atoms with van der Waals surface area (Å²) in [5, 5.41) is 10.6. The largest absolute Gasteiger partial charge is 0.289 e. The molecule has 0 fully saturated rings. The highest BCUT2D eigenvalue weighted by atomic mass is 35.5. The molecule has 0 aliphatic heterocycles. The molecule has 0 saturated heterocycles. The molecule has 0 unspecified atom stereocenters. The molecule has 6 nitrogen and oxygen atoms in total. The van der Waals surface area contributed by atoms with Gasteiger partial charge in [-0.1, -0.05) is 17.7 Å². The van der Waals surface area contributed by atoms with Crippen LogP contribution in [0.4, 0.5) is 15.8 Å². The zero-order chi connectivity index (χ0) is 16.5. The molecule has 0 radical (unpaired) electrons. The second-order valence-electron chi connectivity index (χ2n) is 4.44. The molecule has 0 heterocycles. The SMILES string of the molecule is Cc1ccc(F)cc1NS(=O)(=O)c1ccc(Cl)c([N+](=O)[O-])c1. The Morgan fingerprint density at radius 2 is 1.91 bits per heavy atom. The third-order valence-corrected chi connectivity index (χ3v) is 4.55. The van der Waals surface area contributed by atoms with E-state index < -0.39 is 26.5 Å². The fourth-order valence-electron chi connectivity index (χ4n) is 1.71. The van der Waals surface area contributed by atoms with Gasteiger partial charge in [-0.3, -0.25) is 14.8 Å². The summed E-state index contributed by atoms with van der Waals surface area (Å²) in [4.78, 5) is 9.69. The molecule has 0 aliphatic carbocycles. The minimum Gasteiger partial charge on any atom is -0.279 e. The van der Waals surface area contributed by atoms with Crippen LogP contribution in [0.25, 0.3) is 0 Å². The van der Waals surface area contributed by atoms with Crippen LogP contribution < -0.4 is 4.72 Å². The summed E-state index contributed by atoms with van der Waals surface area (Å²) in [6, 6.07) is 6.73. The fraction of sp³-hybridized carbons (Fsp3) is 0.0769. The van der Waals surface area contributed by atoms with Gasteiger partial charge < -0.3 is 0 Å². The molecule has 2 aromatic carbocycles. The molecule has 22 heavy (non-hydrogen) atoms. The summed E-state index contributed by atoms with van der Waals surface area (Å²) in [6.07, 6.45) is 0. The number of sulfonamides is 1. The highest BCUT2D eigenvalue weighted by Crippen LogP contribution is 2.28. The number of hydrogen-bond acceptors (Lipinski definition) is 4. The lowest BCUT2D eigenvalue weighted by atomic mass is 10.2. The fourth-order valence-corrected chi connectivity index (χ4v) is 3.04. The van der Waals surface area contributed by atoms with E-state index in [1.807, 2.05) is 0 Å². The van der Waals surface area contributed by atoms with Gasteiger partial charge in [0.25, 0.3) is 15.7 Å². The van der Waals surface area contributed by atoms with Crippen LogP contribution in [-0.4, -0.2) is 13.3 Å². The minimum absolute atomic E-state index is 0.0533. The summed E-state index contributed by atoms with van der Waals surface area (Å²) >= 11 is 5.64. The van der Waals surface area contributed by atoms with Crippen molar-refractivity contribution in [1.82, 2.24) is 0 Å². The topological polar surface area (TPSA) is 89.3 Å². The van der Waals surface area contributed by atoms with E-state index in [9.17, 15) is 22.9 Å². The van der Waals surface area contributed by atoms with Crippen molar-refractivity contribution < 1.29 is 17.7 Å². The van der Waals surface area contributed by atoms with Gasteiger partial charge in [0, 0.05) is 6.07 Å². The number of aryl methyl sites for hydroxylation is 1. The molecule has 0 atom stereocenters. The van der Waals surface area contributed by atoms with E-state index in [1.54, 1.807) is 6.92 Å². The summed E-state index contributed by atoms with van der Waals surface area (Å²) in [5.74, 6) is -0.606. The standard InChI is InChI=1S/C13H10ClFN2O4S/c1-8-2-3-9(15)6-12(8)16-22(20,21)10-4-5-11(14)13(7-10)17(18)19/h2-7,16H,1H3. The molecule has 0 bridgehead atoms. The molecule has 1 N–H and O–H groups in total. The molecular formula is C13H10ClFN2O4S. The van der Waals surface area contributed by atoms with Gasteiger partial charge in [-0.05, 0) is 36.8 Å². The van der Waals surface area contributed by atoms with E-state index in [4.69, 9.17) is 11.6 Å². The number of nitrogens with one attached hydrogen (secondary N) is 1. The lowest BCUT2D eigenvalue weighted by Crippen LogP contribution is -2.14. The highest BCUT2D eigenvalue weighted by Gasteiger charge is 2.21. The monoisotopic (exact) mass is 344 g/mol. The van der Waals surface area contributed by atoms with Gasteiger partial charge in [0.05, 0.1) is 15.5 Å². The Labute approximate surface area is 130 Å². The highest BCUT2D eigenvalue weighted by molar-refractivity contribution is 7.92. The first-order valence-corrected chi connectivity index (χ1v) is 7.80. The van der Waals surface area contributed by atoms with E-state index in [-0.39, 0.29) is 15.6 Å². The number of nitro groups is 1. The Morgan fingerprint density at radius 3 is 2.55 bits per heavy atom. The Hall–Kier alpha value is -2.19. The molecule has 2 rings (SSSR count). The summed E-state index contributed by atoms with van der Waals surface area (Å²) in [5.41, 5.74) is 0.0338. The van der Waals surface area contributed by atoms with E-state index in [0.29, 0.717) is 5.56 Å². The predicted molar refractivity (Wildman–Crippen MR) is 80.1 cm³/mol. The van der Waals surface area contributed by atoms with Crippen LogP contribution in [0.1, 0.15) is 5.56 Å². The number of rotatable bonds is 4. The lowest BCUT2D eigenvalue weighted by Gasteiger charge is -2.10. The first kappa shape index (κ1) is 16.2. The second-order valence-corrected chi connectivity index (χ2v) is 6.52. The Balaban J connectivity index is 2.45. The molecule has 0 saturated carbocycles. The summed E-state index contributed by atoms with van der Waals surface area (Å²) < 4.78 is 39.9. The quantitative estimate of drug-likeness (QED) is 0.679. The molecule has 0 spiro atoms. The van der Waals surface area contributed by atoms with Crippen molar-refractivity contribution >= 4 is 33.0 Å². The summed E-state index contributed by atoms with van der Waals surface area (Å²) in [7, 11) is -4.11. The van der Waals surface area contributed by atoms with Crippen molar-refractivity contribution in [3.8, 4) is 0 Å². The smallest absolute Gasteiger partial charge is 0.279 e. The van der Waals surface area contributed by atoms with Gasteiger partial charge in [-0.25, -0.2) is 12.8 Å². The van der Waals surface area contributed by atoms with Crippen molar-refractivity contribution in [2.45, 2.75) is 11.8 Å². The number of nitrogens with zero attached hydrogens (tertiary/aromatic N) is 1. The number of benzene rings is 2. The van der Waals surface area contributed by atoms with Gasteiger partial charge in [0.15, 0.2) is 0 Å². The zero-order valence-electron chi connectivity index (χ0n) is 11.2. The Bertz CT molecular complexity index is 855. The average molecular weight is 345 g/mol. The maximum atomic E-state index is 13.2. The van der Waals surface area contributed by atoms with Crippen molar-refractivity contribution in [2.75, 3.05) is 4.72 Å². The van der Waals surface area contributed by atoms with E-state index in [0.717, 1.165) is 24.3 Å². The van der Waals surface area contributed by atoms with Crippen molar-refractivity contribution in [2.24, 2.45) is 0 Å². The predicted octanol–water partition coefficient (Wildman–Crippen LogP) is 3.50. The molecule has 2 aromatic rings. The van der Waals surface area contributed by atoms with Crippen LogP contribution in [0.2, 0.25) is 5.02 Å².